The van der Waals surface area contributed by atoms with Crippen LogP contribution >= 0.6 is 11.8 Å². The molecule has 7 nitrogen and oxygen atoms in total. The Kier molecular flexibility index (Phi) is 5.73. The van der Waals surface area contributed by atoms with E-state index in [0.717, 1.165) is 37.5 Å². The minimum absolute atomic E-state index is 0.193. The van der Waals surface area contributed by atoms with Gasteiger partial charge >= 0.3 is 6.03 Å². The van der Waals surface area contributed by atoms with E-state index in [4.69, 9.17) is 0 Å². The Hall–Kier alpha value is -4.04. The zero-order valence-electron chi connectivity index (χ0n) is 19.4. The van der Waals surface area contributed by atoms with Crippen molar-refractivity contribution >= 4 is 46.2 Å². The molecule has 2 aliphatic heterocycles. The molecule has 0 spiro atoms. The van der Waals surface area contributed by atoms with Crippen LogP contribution in [0.3, 0.4) is 0 Å². The molecule has 2 N–H and O–H groups in total. The summed E-state index contributed by atoms with van der Waals surface area (Å²) in [7, 11) is 0. The van der Waals surface area contributed by atoms with Crippen molar-refractivity contribution in [2.45, 2.75) is 23.4 Å². The van der Waals surface area contributed by atoms with Gasteiger partial charge in [-0.15, -0.1) is 11.8 Å². The van der Waals surface area contributed by atoms with Crippen LogP contribution in [-0.4, -0.2) is 46.1 Å². The normalized spacial score (nSPS) is 19.4. The second-order valence-electron chi connectivity index (χ2n) is 8.96. The number of urea groups is 1. The van der Waals surface area contributed by atoms with E-state index in [9.17, 15) is 14.4 Å². The van der Waals surface area contributed by atoms with E-state index >= 15 is 0 Å². The molecule has 1 fully saturated rings. The Balaban J connectivity index is 1.25. The summed E-state index contributed by atoms with van der Waals surface area (Å²) in [5.41, 5.74) is 3.74. The summed E-state index contributed by atoms with van der Waals surface area (Å²) in [4.78, 5) is 46.8. The van der Waals surface area contributed by atoms with E-state index in [-0.39, 0.29) is 24.4 Å². The average molecular weight is 497 g/mol. The molecule has 1 saturated heterocycles. The quantitative estimate of drug-likeness (QED) is 0.398. The zero-order chi connectivity index (χ0) is 24.6. The summed E-state index contributed by atoms with van der Waals surface area (Å²) < 4.78 is 0. The standard InChI is InChI=1S/C28H24N4O3S/c33-26(32-23-12-6-7-13-25(23)36-17-24(32)18-8-2-1-3-9-18)16-31-27(34)22(30-28(31)35)14-19-15-29-21-11-5-4-10-20(19)21/h1-13,15,22,24,29H,14,16-17H2,(H,30,35)/t22-,24-/m1/s1. The van der Waals surface area contributed by atoms with E-state index in [2.05, 4.69) is 10.3 Å². The number of fused-ring (bicyclic) bond motifs is 2. The van der Waals surface area contributed by atoms with Gasteiger partial charge in [0.05, 0.1) is 11.7 Å². The zero-order valence-corrected chi connectivity index (χ0v) is 20.2. The molecule has 4 aromatic rings. The number of H-pyrrole nitrogens is 1. The van der Waals surface area contributed by atoms with E-state index in [1.54, 1.807) is 16.7 Å². The van der Waals surface area contributed by atoms with Gasteiger partial charge in [-0.25, -0.2) is 4.79 Å². The van der Waals surface area contributed by atoms with Crippen molar-refractivity contribution in [1.82, 2.24) is 15.2 Å². The summed E-state index contributed by atoms with van der Waals surface area (Å²) in [6.45, 7) is -0.308. The first-order chi connectivity index (χ1) is 17.6. The molecule has 3 aromatic carbocycles. The lowest BCUT2D eigenvalue weighted by molar-refractivity contribution is -0.131. The smallest absolute Gasteiger partial charge is 0.325 e. The molecule has 180 valence electrons. The maximum Gasteiger partial charge on any atom is 0.325 e. The molecule has 8 heteroatoms. The number of rotatable bonds is 5. The second-order valence-corrected chi connectivity index (χ2v) is 10.0. The number of anilines is 1. The van der Waals surface area contributed by atoms with Crippen LogP contribution in [0.5, 0.6) is 0 Å². The van der Waals surface area contributed by atoms with Crippen LogP contribution in [-0.2, 0) is 16.0 Å². The van der Waals surface area contributed by atoms with Gasteiger partial charge in [-0.2, -0.15) is 0 Å². The molecule has 2 aliphatic rings. The minimum atomic E-state index is -0.710. The summed E-state index contributed by atoms with van der Waals surface area (Å²) in [6, 6.07) is 24.0. The summed E-state index contributed by atoms with van der Waals surface area (Å²) in [5, 5.41) is 3.79. The molecule has 0 aliphatic carbocycles. The third-order valence-electron chi connectivity index (χ3n) is 6.79. The first-order valence-electron chi connectivity index (χ1n) is 11.9. The number of nitrogens with zero attached hydrogens (tertiary/aromatic N) is 2. The lowest BCUT2D eigenvalue weighted by atomic mass is 10.0. The first-order valence-corrected chi connectivity index (χ1v) is 12.8. The lowest BCUT2D eigenvalue weighted by Crippen LogP contribution is -2.46. The van der Waals surface area contributed by atoms with Crippen LogP contribution in [0.1, 0.15) is 17.2 Å². The number of amides is 4. The van der Waals surface area contributed by atoms with Crippen molar-refractivity contribution in [1.29, 1.82) is 0 Å². The molecule has 0 bridgehead atoms. The predicted molar refractivity (Wildman–Crippen MR) is 140 cm³/mol. The van der Waals surface area contributed by atoms with Crippen LogP contribution in [0.2, 0.25) is 0 Å². The largest absolute Gasteiger partial charge is 0.361 e. The van der Waals surface area contributed by atoms with Crippen LogP contribution in [0.4, 0.5) is 10.5 Å². The van der Waals surface area contributed by atoms with Crippen LogP contribution in [0.25, 0.3) is 10.9 Å². The van der Waals surface area contributed by atoms with Crippen LogP contribution < -0.4 is 10.2 Å². The number of aromatic nitrogens is 1. The Morgan fingerprint density at radius 1 is 0.944 bits per heavy atom. The molecule has 1 aromatic heterocycles. The van der Waals surface area contributed by atoms with Gasteiger partial charge in [0.1, 0.15) is 12.6 Å². The molecular formula is C28H24N4O3S. The third-order valence-corrected chi connectivity index (χ3v) is 7.92. The SMILES string of the molecule is O=C1N[C@H](Cc2c[nH]c3ccccc23)C(=O)N1CC(=O)N1c2ccccc2SC[C@@H]1c1ccccc1. The highest BCUT2D eigenvalue weighted by Crippen LogP contribution is 2.43. The topological polar surface area (TPSA) is 85.5 Å². The number of imide groups is 1. The van der Waals surface area contributed by atoms with E-state index in [0.29, 0.717) is 12.2 Å². The summed E-state index contributed by atoms with van der Waals surface area (Å²) in [5.74, 6) is 0.0261. The van der Waals surface area contributed by atoms with Crippen molar-refractivity contribution in [3.8, 4) is 0 Å². The molecule has 6 rings (SSSR count). The molecular weight excluding hydrogens is 472 g/mol. The molecule has 3 heterocycles. The minimum Gasteiger partial charge on any atom is -0.361 e. The van der Waals surface area contributed by atoms with Gasteiger partial charge in [0.25, 0.3) is 5.91 Å². The Morgan fingerprint density at radius 3 is 2.56 bits per heavy atom. The molecule has 4 amide bonds. The van der Waals surface area contributed by atoms with Crippen molar-refractivity contribution in [3.63, 3.8) is 0 Å². The lowest BCUT2D eigenvalue weighted by Gasteiger charge is -2.37. The fourth-order valence-electron chi connectivity index (χ4n) is 5.01. The number of benzene rings is 3. The number of carbonyl (C=O) groups excluding carboxylic acids is 3. The van der Waals surface area contributed by atoms with Crippen LogP contribution in [0.15, 0.2) is 90.0 Å². The highest BCUT2D eigenvalue weighted by Gasteiger charge is 2.41. The predicted octanol–water partition coefficient (Wildman–Crippen LogP) is 4.51. The van der Waals surface area contributed by atoms with Crippen molar-refractivity contribution in [3.05, 3.63) is 96.2 Å². The van der Waals surface area contributed by atoms with E-state index < -0.39 is 12.1 Å². The Bertz CT molecular complexity index is 1470. The molecule has 0 radical (unpaired) electrons. The molecule has 2 atom stereocenters. The highest BCUT2D eigenvalue weighted by atomic mass is 32.2. The molecule has 0 saturated carbocycles. The monoisotopic (exact) mass is 496 g/mol. The van der Waals surface area contributed by atoms with Gasteiger partial charge in [0, 0.05) is 34.2 Å². The Morgan fingerprint density at radius 2 is 1.69 bits per heavy atom. The van der Waals surface area contributed by atoms with Crippen molar-refractivity contribution in [2.75, 3.05) is 17.2 Å². The number of hydrogen-bond acceptors (Lipinski definition) is 4. The van der Waals surface area contributed by atoms with Gasteiger partial charge in [0.2, 0.25) is 5.91 Å². The fourth-order valence-corrected chi connectivity index (χ4v) is 6.18. The van der Waals surface area contributed by atoms with Gasteiger partial charge in [-0.1, -0.05) is 60.7 Å². The van der Waals surface area contributed by atoms with Crippen molar-refractivity contribution < 1.29 is 14.4 Å². The van der Waals surface area contributed by atoms with Crippen LogP contribution in [0, 0.1) is 0 Å². The maximum atomic E-state index is 13.7. The summed E-state index contributed by atoms with van der Waals surface area (Å²) in [6.07, 6.45) is 2.22. The first kappa shape index (κ1) is 22.4. The average Bonchev–Trinajstić information content (AvgIpc) is 3.44. The van der Waals surface area contributed by atoms with Gasteiger partial charge in [-0.3, -0.25) is 14.5 Å². The highest BCUT2D eigenvalue weighted by molar-refractivity contribution is 7.99. The van der Waals surface area contributed by atoms with Gasteiger partial charge in [-0.05, 0) is 29.3 Å². The van der Waals surface area contributed by atoms with E-state index in [1.807, 2.05) is 85.1 Å². The van der Waals surface area contributed by atoms with Gasteiger partial charge < -0.3 is 15.2 Å². The molecule has 36 heavy (non-hydrogen) atoms. The molecule has 0 unspecified atom stereocenters. The number of para-hydroxylation sites is 2. The number of thioether (sulfide) groups is 1. The number of aromatic amines is 1. The van der Waals surface area contributed by atoms with Gasteiger partial charge in [0.15, 0.2) is 0 Å². The maximum absolute atomic E-state index is 13.7. The number of hydrogen-bond donors (Lipinski definition) is 2. The Labute approximate surface area is 212 Å². The number of carbonyl (C=O) groups is 3. The fraction of sp³-hybridized carbons (Fsp3) is 0.179. The second kappa shape index (κ2) is 9.20. The third kappa shape index (κ3) is 3.93. The van der Waals surface area contributed by atoms with E-state index in [1.165, 1.54) is 0 Å². The summed E-state index contributed by atoms with van der Waals surface area (Å²) >= 11 is 1.70. The number of nitrogens with one attached hydrogen (secondary N) is 2. The van der Waals surface area contributed by atoms with Crippen molar-refractivity contribution in [2.24, 2.45) is 0 Å².